The Bertz CT molecular complexity index is 958. The number of rotatable bonds is 25. The molecule has 0 radical (unpaired) electrons. The van der Waals surface area contributed by atoms with Crippen LogP contribution in [0.1, 0.15) is 154 Å². The maximum Gasteiger partial charge on any atom is 0.142 e. The fraction of sp³-hybridized carbons (Fsp3) is 0.730. The van der Waals surface area contributed by atoms with E-state index < -0.39 is 0 Å². The lowest BCUT2D eigenvalue weighted by Gasteiger charge is -2.17. The number of anilines is 1. The Morgan fingerprint density at radius 2 is 1.39 bits per heavy atom. The SMILES string of the molecule is C=C(CCCCCCCCCCCCCCCCCCC)NCCc1c[nH]c2cc(NC3CCCC3)c(OC)cc12. The highest BCUT2D eigenvalue weighted by Crippen LogP contribution is 2.34. The van der Waals surface area contributed by atoms with E-state index in [1.165, 1.54) is 157 Å². The van der Waals surface area contributed by atoms with Crippen molar-refractivity contribution in [3.8, 4) is 5.75 Å². The molecule has 232 valence electrons. The Labute approximate surface area is 252 Å². The van der Waals surface area contributed by atoms with Crippen molar-refractivity contribution in [3.05, 3.63) is 36.2 Å². The van der Waals surface area contributed by atoms with Gasteiger partial charge in [-0.3, -0.25) is 0 Å². The molecule has 41 heavy (non-hydrogen) atoms. The van der Waals surface area contributed by atoms with Crippen LogP contribution in [0.25, 0.3) is 10.9 Å². The molecule has 1 aliphatic rings. The van der Waals surface area contributed by atoms with E-state index in [0.29, 0.717) is 6.04 Å². The van der Waals surface area contributed by atoms with E-state index in [9.17, 15) is 0 Å². The molecular weight excluding hydrogens is 502 g/mol. The zero-order valence-corrected chi connectivity index (χ0v) is 26.9. The second-order valence-corrected chi connectivity index (χ2v) is 12.7. The number of benzene rings is 1. The van der Waals surface area contributed by atoms with Crippen LogP contribution >= 0.6 is 0 Å². The number of allylic oxidation sites excluding steroid dienone is 1. The quantitative estimate of drug-likeness (QED) is 0.105. The molecule has 0 spiro atoms. The molecule has 0 unspecified atom stereocenters. The summed E-state index contributed by atoms with van der Waals surface area (Å²) in [6, 6.07) is 5.00. The van der Waals surface area contributed by atoms with Crippen LogP contribution in [0.3, 0.4) is 0 Å². The van der Waals surface area contributed by atoms with Gasteiger partial charge in [0.05, 0.1) is 12.8 Å². The standard InChI is InChI=1S/C37H63N3O/c1-4-5-6-7-8-9-10-11-12-13-14-15-16-17-18-19-20-23-31(2)38-27-26-32-30-39-35-29-36(37(41-3)28-34(32)35)40-33-24-21-22-25-33/h28-30,33,38-40H,2,4-27H2,1,3H3. The zero-order valence-electron chi connectivity index (χ0n) is 26.9. The van der Waals surface area contributed by atoms with Gasteiger partial charge in [0.1, 0.15) is 5.75 Å². The Morgan fingerprint density at radius 1 is 0.829 bits per heavy atom. The monoisotopic (exact) mass is 565 g/mol. The lowest BCUT2D eigenvalue weighted by molar-refractivity contribution is 0.416. The van der Waals surface area contributed by atoms with Crippen molar-refractivity contribution in [2.24, 2.45) is 0 Å². The Balaban J connectivity index is 1.16. The summed E-state index contributed by atoms with van der Waals surface area (Å²) >= 11 is 0. The van der Waals surface area contributed by atoms with Crippen LogP contribution in [-0.2, 0) is 6.42 Å². The van der Waals surface area contributed by atoms with Crippen molar-refractivity contribution in [1.82, 2.24) is 10.3 Å². The van der Waals surface area contributed by atoms with Crippen LogP contribution < -0.4 is 15.4 Å². The van der Waals surface area contributed by atoms with Crippen molar-refractivity contribution >= 4 is 16.6 Å². The van der Waals surface area contributed by atoms with Gasteiger partial charge in [-0.25, -0.2) is 0 Å². The second-order valence-electron chi connectivity index (χ2n) is 12.7. The third kappa shape index (κ3) is 13.2. The number of hydrogen-bond donors (Lipinski definition) is 3. The van der Waals surface area contributed by atoms with Gasteiger partial charge in [0, 0.05) is 35.4 Å². The highest BCUT2D eigenvalue weighted by molar-refractivity contribution is 5.89. The molecule has 0 amide bonds. The number of hydrogen-bond acceptors (Lipinski definition) is 3. The van der Waals surface area contributed by atoms with Gasteiger partial charge in [-0.05, 0) is 49.8 Å². The van der Waals surface area contributed by atoms with Crippen molar-refractivity contribution in [1.29, 1.82) is 0 Å². The molecule has 1 saturated carbocycles. The van der Waals surface area contributed by atoms with Crippen LogP contribution in [0.2, 0.25) is 0 Å². The van der Waals surface area contributed by atoms with E-state index in [-0.39, 0.29) is 0 Å². The molecule has 1 heterocycles. The molecule has 1 aromatic heterocycles. The smallest absolute Gasteiger partial charge is 0.142 e. The maximum absolute atomic E-state index is 5.75. The van der Waals surface area contributed by atoms with Crippen molar-refractivity contribution in [3.63, 3.8) is 0 Å². The minimum atomic E-state index is 0.574. The van der Waals surface area contributed by atoms with Crippen LogP contribution in [0.5, 0.6) is 5.75 Å². The Kier molecular flexibility index (Phi) is 16.9. The first-order valence-corrected chi connectivity index (χ1v) is 17.6. The summed E-state index contributed by atoms with van der Waals surface area (Å²) in [6.07, 6.45) is 33.5. The number of aromatic amines is 1. The van der Waals surface area contributed by atoms with Gasteiger partial charge in [0.25, 0.3) is 0 Å². The lowest BCUT2D eigenvalue weighted by atomic mass is 10.0. The topological polar surface area (TPSA) is 49.1 Å². The molecule has 0 aliphatic heterocycles. The fourth-order valence-electron chi connectivity index (χ4n) is 6.51. The van der Waals surface area contributed by atoms with Gasteiger partial charge in [0.15, 0.2) is 0 Å². The van der Waals surface area contributed by atoms with E-state index in [4.69, 9.17) is 4.74 Å². The first-order chi connectivity index (χ1) is 20.2. The molecule has 1 aromatic carbocycles. The number of H-pyrrole nitrogens is 1. The minimum absolute atomic E-state index is 0.574. The van der Waals surface area contributed by atoms with Gasteiger partial charge in [-0.2, -0.15) is 0 Å². The van der Waals surface area contributed by atoms with E-state index in [0.717, 1.165) is 30.8 Å². The predicted molar refractivity (Wildman–Crippen MR) is 180 cm³/mol. The van der Waals surface area contributed by atoms with Crippen molar-refractivity contribution < 1.29 is 4.74 Å². The van der Waals surface area contributed by atoms with Crippen molar-refractivity contribution in [2.45, 2.75) is 161 Å². The maximum atomic E-state index is 5.75. The Morgan fingerprint density at radius 3 is 1.95 bits per heavy atom. The lowest BCUT2D eigenvalue weighted by Crippen LogP contribution is -2.16. The average Bonchev–Trinajstić information content (AvgIpc) is 3.64. The molecule has 4 nitrogen and oxygen atoms in total. The molecule has 0 bridgehead atoms. The molecule has 0 saturated heterocycles. The van der Waals surface area contributed by atoms with E-state index in [1.807, 2.05) is 0 Å². The third-order valence-electron chi connectivity index (χ3n) is 9.15. The van der Waals surface area contributed by atoms with Crippen LogP contribution in [-0.4, -0.2) is 24.7 Å². The highest BCUT2D eigenvalue weighted by atomic mass is 16.5. The van der Waals surface area contributed by atoms with Gasteiger partial charge in [0.2, 0.25) is 0 Å². The van der Waals surface area contributed by atoms with E-state index in [1.54, 1.807) is 7.11 Å². The first-order valence-electron chi connectivity index (χ1n) is 17.6. The van der Waals surface area contributed by atoms with Gasteiger partial charge in [-0.15, -0.1) is 0 Å². The number of methoxy groups -OCH3 is 1. The largest absolute Gasteiger partial charge is 0.495 e. The summed E-state index contributed by atoms with van der Waals surface area (Å²) in [5.74, 6) is 0.946. The first kappa shape index (κ1) is 33.4. The van der Waals surface area contributed by atoms with Crippen LogP contribution in [0.15, 0.2) is 30.6 Å². The molecular formula is C37H63N3O. The molecule has 3 N–H and O–H groups in total. The highest BCUT2D eigenvalue weighted by Gasteiger charge is 2.17. The summed E-state index contributed by atoms with van der Waals surface area (Å²) in [5.41, 5.74) is 4.82. The number of aromatic nitrogens is 1. The van der Waals surface area contributed by atoms with Crippen molar-refractivity contribution in [2.75, 3.05) is 19.0 Å². The summed E-state index contributed by atoms with van der Waals surface area (Å²) in [6.45, 7) is 7.51. The minimum Gasteiger partial charge on any atom is -0.495 e. The number of ether oxygens (including phenoxy) is 1. The predicted octanol–water partition coefficient (Wildman–Crippen LogP) is 11.2. The molecule has 1 fully saturated rings. The number of unbranched alkanes of at least 4 members (excludes halogenated alkanes) is 16. The van der Waals surface area contributed by atoms with Gasteiger partial charge >= 0.3 is 0 Å². The van der Waals surface area contributed by atoms with Crippen LogP contribution in [0.4, 0.5) is 5.69 Å². The molecule has 4 heteroatoms. The summed E-state index contributed by atoms with van der Waals surface area (Å²) in [4.78, 5) is 3.48. The van der Waals surface area contributed by atoms with Gasteiger partial charge < -0.3 is 20.4 Å². The van der Waals surface area contributed by atoms with Crippen LogP contribution in [0, 0.1) is 0 Å². The number of fused-ring (bicyclic) bond motifs is 1. The fourth-order valence-corrected chi connectivity index (χ4v) is 6.51. The zero-order chi connectivity index (χ0) is 29.0. The summed E-state index contributed by atoms with van der Waals surface area (Å²) in [7, 11) is 1.78. The Hall–Kier alpha value is -2.10. The second kappa shape index (κ2) is 20.7. The molecule has 3 rings (SSSR count). The molecule has 2 aromatic rings. The molecule has 1 aliphatic carbocycles. The molecule has 0 atom stereocenters. The van der Waals surface area contributed by atoms with Gasteiger partial charge in [-0.1, -0.05) is 129 Å². The average molecular weight is 566 g/mol. The summed E-state index contributed by atoms with van der Waals surface area (Å²) < 4.78 is 5.75. The van der Waals surface area contributed by atoms with E-state index in [2.05, 4.69) is 47.4 Å². The normalized spacial score (nSPS) is 13.7. The number of nitrogens with one attached hydrogen (secondary N) is 3. The summed E-state index contributed by atoms with van der Waals surface area (Å²) in [5, 5.41) is 8.55. The van der Waals surface area contributed by atoms with E-state index >= 15 is 0 Å². The third-order valence-corrected chi connectivity index (χ3v) is 9.15.